The highest BCUT2D eigenvalue weighted by molar-refractivity contribution is 8.15. The van der Waals surface area contributed by atoms with Crippen molar-refractivity contribution in [2.24, 2.45) is 0 Å². The quantitative estimate of drug-likeness (QED) is 0.547. The van der Waals surface area contributed by atoms with Gasteiger partial charge in [-0.25, -0.2) is 9.69 Å². The van der Waals surface area contributed by atoms with E-state index in [4.69, 9.17) is 19.7 Å². The largest absolute Gasteiger partial charge is 0.443 e. The van der Waals surface area contributed by atoms with Crippen LogP contribution in [0.4, 0.5) is 4.79 Å². The highest BCUT2D eigenvalue weighted by Gasteiger charge is 2.47. The Hall–Kier alpha value is -1.03. The molecule has 2 heterocycles. The van der Waals surface area contributed by atoms with Crippen LogP contribution in [-0.2, 0) is 23.2 Å². The van der Waals surface area contributed by atoms with Crippen molar-refractivity contribution in [2.45, 2.75) is 64.3 Å². The van der Waals surface area contributed by atoms with Gasteiger partial charge >= 0.3 is 6.09 Å². The molecule has 2 aliphatic heterocycles. The summed E-state index contributed by atoms with van der Waals surface area (Å²) in [5, 5.41) is 0. The van der Waals surface area contributed by atoms with Crippen molar-refractivity contribution in [1.29, 1.82) is 1.34 Å². The van der Waals surface area contributed by atoms with Crippen molar-refractivity contribution in [2.75, 3.05) is 6.61 Å². The van der Waals surface area contributed by atoms with Crippen LogP contribution in [0.25, 0.3) is 0 Å². The van der Waals surface area contributed by atoms with Gasteiger partial charge in [-0.15, -0.1) is 0 Å². The van der Waals surface area contributed by atoms with Crippen LogP contribution in [0.15, 0.2) is 12.2 Å². The zero-order valence-electron chi connectivity index (χ0n) is 15.5. The van der Waals surface area contributed by atoms with Gasteiger partial charge in [0.15, 0.2) is 5.79 Å². The maximum absolute atomic E-state index is 12.5. The number of hydrogen-bond acceptors (Lipinski definition) is 7. The molecule has 3 atom stereocenters. The van der Waals surface area contributed by atoms with Gasteiger partial charge in [-0.2, -0.15) is 0 Å². The van der Waals surface area contributed by atoms with Gasteiger partial charge in [0.1, 0.15) is 17.8 Å². The lowest BCUT2D eigenvalue weighted by Crippen LogP contribution is -2.52. The Kier molecular flexibility index (Phi) is 5.24. The van der Waals surface area contributed by atoms with Crippen molar-refractivity contribution < 1.29 is 28.0 Å². The average molecular weight is 358 g/mol. The number of hydrogen-bond donors (Lipinski definition) is 0. The first-order valence-electron chi connectivity index (χ1n) is 8.20. The van der Waals surface area contributed by atoms with E-state index in [0.717, 1.165) is 23.9 Å². The summed E-state index contributed by atoms with van der Waals surface area (Å²) in [5.41, 5.74) is -0.737. The van der Waals surface area contributed by atoms with E-state index >= 15 is 0 Å². The van der Waals surface area contributed by atoms with Crippen LogP contribution in [0.3, 0.4) is 0 Å². The SMILES string of the molecule is [3H][B]SO[C@@H]([C@H]1C=CC(=O)N1C(=O)OC(C)(C)C)[C@H]1COC(C)(C)O1. The Bertz CT molecular complexity index is 553. The normalized spacial score (nSPS) is 28.0. The third-order valence-electron chi connectivity index (χ3n) is 3.46. The lowest BCUT2D eigenvalue weighted by atomic mass is 10.1. The minimum Gasteiger partial charge on any atom is -0.443 e. The first kappa shape index (κ1) is 17.8. The summed E-state index contributed by atoms with van der Waals surface area (Å²) < 4.78 is 29.5. The molecule has 1 saturated heterocycles. The van der Waals surface area contributed by atoms with Crippen LogP contribution in [0.5, 0.6) is 0 Å². The summed E-state index contributed by atoms with van der Waals surface area (Å²) in [6.07, 6.45) is 0.924. The van der Waals surface area contributed by atoms with Gasteiger partial charge in [0.05, 0.1) is 12.6 Å². The molecular formula is C15H23BNO6S. The van der Waals surface area contributed by atoms with Crippen molar-refractivity contribution in [3.63, 3.8) is 0 Å². The van der Waals surface area contributed by atoms with Gasteiger partial charge in [0.2, 0.25) is 7.09 Å². The first-order valence-corrected chi connectivity index (χ1v) is 8.43. The third kappa shape index (κ3) is 4.53. The Morgan fingerprint density at radius 1 is 1.58 bits per heavy atom. The van der Waals surface area contributed by atoms with E-state index in [-0.39, 0.29) is 6.61 Å². The van der Waals surface area contributed by atoms with Crippen LogP contribution in [0.1, 0.15) is 34.6 Å². The topological polar surface area (TPSA) is 74.3 Å². The van der Waals surface area contributed by atoms with Gasteiger partial charge in [-0.05, 0) is 36.0 Å². The van der Waals surface area contributed by atoms with E-state index in [2.05, 4.69) is 0 Å². The molecular weight excluding hydrogens is 333 g/mol. The van der Waals surface area contributed by atoms with Crippen molar-refractivity contribution >= 4 is 31.0 Å². The molecule has 0 N–H and O–H groups in total. The number of carbonyl (C=O) groups is 2. The van der Waals surface area contributed by atoms with E-state index < -0.39 is 41.6 Å². The van der Waals surface area contributed by atoms with Crippen molar-refractivity contribution in [1.82, 2.24) is 4.90 Å². The van der Waals surface area contributed by atoms with E-state index in [1.165, 1.54) is 6.08 Å². The molecule has 0 unspecified atom stereocenters. The average Bonchev–Trinajstić information content (AvgIpc) is 3.01. The van der Waals surface area contributed by atoms with Gasteiger partial charge in [-0.1, -0.05) is 18.0 Å². The fourth-order valence-corrected chi connectivity index (χ4v) is 2.92. The molecule has 2 aliphatic rings. The van der Waals surface area contributed by atoms with Gasteiger partial charge in [-0.3, -0.25) is 4.79 Å². The van der Waals surface area contributed by atoms with E-state index in [1.807, 2.05) is 0 Å². The minimum atomic E-state index is -0.787. The number of nitrogens with zero attached hydrogens (tertiary/aromatic N) is 1. The Balaban J connectivity index is 2.20. The zero-order chi connectivity index (χ0) is 18.8. The summed E-state index contributed by atoms with van der Waals surface area (Å²) in [4.78, 5) is 25.7. The molecule has 0 aromatic carbocycles. The standard InChI is InChI=1S/C15H23BNO6S/c1-14(2,3)22-13(19)17-9(6-7-11(17)18)12(23-24-16)10-8-20-15(4,5)21-10/h6-7,9-10,12,16H,8H2,1-5H3/t9-,10-,12+/m1/s1/i16T. The fourth-order valence-electron chi connectivity index (χ4n) is 2.55. The fraction of sp³-hybridized carbons (Fsp3) is 0.733. The van der Waals surface area contributed by atoms with Crippen LogP contribution < -0.4 is 0 Å². The molecule has 1 fully saturated rings. The zero-order valence-corrected chi connectivity index (χ0v) is 15.3. The molecule has 24 heavy (non-hydrogen) atoms. The second-order valence-electron chi connectivity index (χ2n) is 7.06. The van der Waals surface area contributed by atoms with Gasteiger partial charge < -0.3 is 18.4 Å². The highest BCUT2D eigenvalue weighted by atomic mass is 32.2. The molecule has 0 saturated carbocycles. The minimum absolute atomic E-state index is 0.247. The van der Waals surface area contributed by atoms with Crippen LogP contribution in [0, 0.1) is 0 Å². The number of rotatable bonds is 5. The second-order valence-corrected chi connectivity index (χ2v) is 7.45. The molecule has 0 spiro atoms. The summed E-state index contributed by atoms with van der Waals surface area (Å²) in [6.45, 7) is 8.97. The Labute approximate surface area is 148 Å². The molecule has 0 aromatic heterocycles. The number of carbonyl (C=O) groups excluding carboxylic acids is 2. The molecule has 9 heteroatoms. The predicted octanol–water partition coefficient (Wildman–Crippen LogP) is 1.69. The predicted molar refractivity (Wildman–Crippen MR) is 90.5 cm³/mol. The van der Waals surface area contributed by atoms with Gasteiger partial charge in [0.25, 0.3) is 5.91 Å². The third-order valence-corrected chi connectivity index (χ3v) is 3.80. The number of amides is 2. The van der Waals surface area contributed by atoms with E-state index in [1.54, 1.807) is 40.7 Å². The lowest BCUT2D eigenvalue weighted by Gasteiger charge is -2.33. The van der Waals surface area contributed by atoms with Crippen molar-refractivity contribution in [3.8, 4) is 0 Å². The molecule has 2 rings (SSSR count). The molecule has 0 aliphatic carbocycles. The van der Waals surface area contributed by atoms with Gasteiger partial charge in [0, 0.05) is 6.08 Å². The second kappa shape index (κ2) is 7.07. The van der Waals surface area contributed by atoms with Crippen molar-refractivity contribution in [3.05, 3.63) is 12.2 Å². The molecule has 7 nitrogen and oxygen atoms in total. The monoisotopic (exact) mass is 358 g/mol. The number of ether oxygens (including phenoxy) is 3. The maximum atomic E-state index is 12.5. The summed E-state index contributed by atoms with van der Waals surface area (Å²) in [7, 11) is 1.02. The summed E-state index contributed by atoms with van der Waals surface area (Å²) >= 11 is 0.800. The Morgan fingerprint density at radius 2 is 2.29 bits per heavy atom. The van der Waals surface area contributed by atoms with Crippen LogP contribution in [0.2, 0.25) is 0 Å². The molecule has 0 bridgehead atoms. The number of imide groups is 1. The Morgan fingerprint density at radius 3 is 2.83 bits per heavy atom. The first-order chi connectivity index (χ1) is 11.5. The van der Waals surface area contributed by atoms with E-state index in [0.29, 0.717) is 0 Å². The maximum Gasteiger partial charge on any atom is 0.417 e. The molecule has 2 amide bonds. The summed E-state index contributed by atoms with van der Waals surface area (Å²) in [5.74, 6) is -1.27. The summed E-state index contributed by atoms with van der Waals surface area (Å²) in [6, 6.07) is -0.711. The van der Waals surface area contributed by atoms with E-state index in [9.17, 15) is 9.59 Å². The van der Waals surface area contributed by atoms with Crippen LogP contribution in [-0.4, -0.2) is 61.6 Å². The highest BCUT2D eigenvalue weighted by Crippen LogP contribution is 2.31. The molecule has 1 radical (unpaired) electrons. The van der Waals surface area contributed by atoms with Crippen LogP contribution >= 0.6 is 11.9 Å². The molecule has 0 aromatic rings. The molecule has 133 valence electrons. The smallest absolute Gasteiger partial charge is 0.417 e. The lowest BCUT2D eigenvalue weighted by molar-refractivity contribution is -0.151.